The Labute approximate surface area is 163 Å². The molecule has 1 aromatic carbocycles. The molecule has 1 aliphatic heterocycles. The Balaban J connectivity index is 1.70. The van der Waals surface area contributed by atoms with E-state index in [1.165, 1.54) is 5.56 Å². The predicted octanol–water partition coefficient (Wildman–Crippen LogP) is 2.75. The molecule has 0 N–H and O–H groups in total. The number of benzene rings is 1. The van der Waals surface area contributed by atoms with E-state index in [1.54, 1.807) is 6.92 Å². The molecule has 0 aromatic heterocycles. The van der Waals surface area contributed by atoms with Crippen LogP contribution in [0, 0.1) is 5.92 Å². The van der Waals surface area contributed by atoms with Gasteiger partial charge in [0.1, 0.15) is 13.2 Å². The topological polar surface area (TPSA) is 99.2 Å². The van der Waals surface area contributed by atoms with Crippen molar-refractivity contribution in [3.05, 3.63) is 35.4 Å². The van der Waals surface area contributed by atoms with E-state index in [-0.39, 0.29) is 26.1 Å². The molecular formula is C20H25NO7. The van der Waals surface area contributed by atoms with Crippen LogP contribution in [-0.2, 0) is 35.1 Å². The van der Waals surface area contributed by atoms with E-state index < -0.39 is 29.9 Å². The summed E-state index contributed by atoms with van der Waals surface area (Å²) in [7, 11) is 0. The van der Waals surface area contributed by atoms with Crippen LogP contribution in [0.1, 0.15) is 50.7 Å². The average molecular weight is 391 g/mol. The molecule has 2 amide bonds. The Morgan fingerprint density at radius 2 is 1.54 bits per heavy atom. The number of hydrogen-bond acceptors (Lipinski definition) is 7. The number of amides is 2. The third-order valence-electron chi connectivity index (χ3n) is 4.20. The van der Waals surface area contributed by atoms with Crippen LogP contribution in [0.3, 0.4) is 0 Å². The van der Waals surface area contributed by atoms with Gasteiger partial charge >= 0.3 is 12.1 Å². The first-order chi connectivity index (χ1) is 13.3. The summed E-state index contributed by atoms with van der Waals surface area (Å²) in [4.78, 5) is 50.8. The Morgan fingerprint density at radius 1 is 0.964 bits per heavy atom. The van der Waals surface area contributed by atoms with Crippen molar-refractivity contribution >= 4 is 23.9 Å². The first kappa shape index (κ1) is 21.4. The number of ether oxygens (including phenoxy) is 2. The summed E-state index contributed by atoms with van der Waals surface area (Å²) in [5.41, 5.74) is 2.05. The second-order valence-electron chi connectivity index (χ2n) is 7.00. The Kier molecular flexibility index (Phi) is 7.54. The van der Waals surface area contributed by atoms with Crippen molar-refractivity contribution in [1.29, 1.82) is 0 Å². The summed E-state index contributed by atoms with van der Waals surface area (Å²) in [5, 5.41) is 0.388. The van der Waals surface area contributed by atoms with E-state index in [0.29, 0.717) is 11.0 Å². The molecule has 0 spiro atoms. The number of hydrogen-bond donors (Lipinski definition) is 0. The molecule has 0 bridgehead atoms. The van der Waals surface area contributed by atoms with Gasteiger partial charge in [0.15, 0.2) is 0 Å². The number of carbonyl (C=O) groups is 4. The molecule has 8 nitrogen and oxygen atoms in total. The van der Waals surface area contributed by atoms with E-state index in [2.05, 4.69) is 18.7 Å². The normalized spacial score (nSPS) is 14.9. The number of hydroxylamine groups is 2. The van der Waals surface area contributed by atoms with Gasteiger partial charge in [-0.2, -0.15) is 0 Å². The molecule has 1 saturated heterocycles. The average Bonchev–Trinajstić information content (AvgIpc) is 2.96. The van der Waals surface area contributed by atoms with Crippen LogP contribution < -0.4 is 0 Å². The maximum Gasteiger partial charge on any atom is 0.534 e. The molecule has 2 rings (SSSR count). The summed E-state index contributed by atoms with van der Waals surface area (Å²) < 4.78 is 9.80. The summed E-state index contributed by atoms with van der Waals surface area (Å²) in [6.07, 6.45) is -0.227. The summed E-state index contributed by atoms with van der Waals surface area (Å²) in [6, 6.07) is 7.81. The Morgan fingerprint density at radius 3 is 2.11 bits per heavy atom. The fourth-order valence-electron chi connectivity index (χ4n) is 2.70. The van der Waals surface area contributed by atoms with Crippen LogP contribution in [0.25, 0.3) is 0 Å². The van der Waals surface area contributed by atoms with E-state index in [9.17, 15) is 19.2 Å². The van der Waals surface area contributed by atoms with E-state index in [4.69, 9.17) is 9.47 Å². The highest BCUT2D eigenvalue weighted by molar-refractivity contribution is 6.01. The van der Waals surface area contributed by atoms with Crippen LogP contribution >= 0.6 is 0 Å². The summed E-state index contributed by atoms with van der Waals surface area (Å²) in [5.74, 6) is -1.54. The zero-order valence-electron chi connectivity index (χ0n) is 16.3. The lowest BCUT2D eigenvalue weighted by atomic mass is 9.97. The van der Waals surface area contributed by atoms with Gasteiger partial charge in [-0.25, -0.2) is 4.79 Å². The number of carbonyl (C=O) groups excluding carboxylic acids is 4. The van der Waals surface area contributed by atoms with Gasteiger partial charge in [0.25, 0.3) is 11.8 Å². The standard InChI is InChI=1S/C20H25NO7/c1-13(2)12-15-4-6-16(7-5-15)14(3)19(24)26-10-11-27-20(25)28-21-17(22)8-9-18(21)23/h4-7,13-14H,8-12H2,1-3H3. The Hall–Kier alpha value is -2.90. The predicted molar refractivity (Wildman–Crippen MR) is 97.9 cm³/mol. The molecule has 1 unspecified atom stereocenters. The summed E-state index contributed by atoms with van der Waals surface area (Å²) >= 11 is 0. The molecular weight excluding hydrogens is 366 g/mol. The molecule has 28 heavy (non-hydrogen) atoms. The van der Waals surface area contributed by atoms with E-state index >= 15 is 0 Å². The second kappa shape index (κ2) is 9.87. The minimum atomic E-state index is -1.20. The first-order valence-corrected chi connectivity index (χ1v) is 9.24. The minimum absolute atomic E-state index is 0.0000637. The lowest BCUT2D eigenvalue weighted by molar-refractivity contribution is -0.177. The molecule has 8 heteroatoms. The Bertz CT molecular complexity index is 711. The van der Waals surface area contributed by atoms with Crippen LogP contribution in [0.15, 0.2) is 24.3 Å². The van der Waals surface area contributed by atoms with Crippen molar-refractivity contribution in [3.63, 3.8) is 0 Å². The van der Waals surface area contributed by atoms with Crippen molar-refractivity contribution in [2.45, 2.75) is 46.0 Å². The fraction of sp³-hybridized carbons (Fsp3) is 0.500. The number of nitrogens with zero attached hydrogens (tertiary/aromatic N) is 1. The molecule has 1 heterocycles. The molecule has 1 aromatic rings. The highest BCUT2D eigenvalue weighted by atomic mass is 16.8. The van der Waals surface area contributed by atoms with Gasteiger partial charge in [0, 0.05) is 12.8 Å². The van der Waals surface area contributed by atoms with Gasteiger partial charge in [-0.1, -0.05) is 43.2 Å². The van der Waals surface area contributed by atoms with Crippen LogP contribution in [0.2, 0.25) is 0 Å². The van der Waals surface area contributed by atoms with Crippen molar-refractivity contribution in [2.24, 2.45) is 5.92 Å². The van der Waals surface area contributed by atoms with Gasteiger partial charge in [0.05, 0.1) is 5.92 Å². The molecule has 0 aliphatic carbocycles. The largest absolute Gasteiger partial charge is 0.534 e. The molecule has 1 fully saturated rings. The fourth-order valence-corrected chi connectivity index (χ4v) is 2.70. The van der Waals surface area contributed by atoms with Crippen LogP contribution in [0.4, 0.5) is 4.79 Å². The lowest BCUT2D eigenvalue weighted by Crippen LogP contribution is -2.32. The maximum atomic E-state index is 12.1. The van der Waals surface area contributed by atoms with Crippen LogP contribution in [-0.4, -0.2) is 42.2 Å². The van der Waals surface area contributed by atoms with E-state index in [1.807, 2.05) is 24.3 Å². The number of imide groups is 1. The first-order valence-electron chi connectivity index (χ1n) is 9.24. The highest BCUT2D eigenvalue weighted by Gasteiger charge is 2.33. The molecule has 1 aliphatic rings. The molecule has 152 valence electrons. The zero-order chi connectivity index (χ0) is 20.7. The van der Waals surface area contributed by atoms with Gasteiger partial charge in [-0.05, 0) is 30.4 Å². The second-order valence-corrected chi connectivity index (χ2v) is 7.00. The van der Waals surface area contributed by atoms with Crippen molar-refractivity contribution in [3.8, 4) is 0 Å². The minimum Gasteiger partial charge on any atom is -0.462 e. The molecule has 0 radical (unpaired) electrons. The quantitative estimate of drug-likeness (QED) is 0.382. The summed E-state index contributed by atoms with van der Waals surface area (Å²) in [6.45, 7) is 5.62. The number of rotatable bonds is 8. The lowest BCUT2D eigenvalue weighted by Gasteiger charge is -2.14. The van der Waals surface area contributed by atoms with Crippen molar-refractivity contribution in [1.82, 2.24) is 5.06 Å². The highest BCUT2D eigenvalue weighted by Crippen LogP contribution is 2.19. The van der Waals surface area contributed by atoms with Crippen molar-refractivity contribution in [2.75, 3.05) is 13.2 Å². The third kappa shape index (κ3) is 6.07. The number of esters is 1. The maximum absolute atomic E-state index is 12.1. The molecule has 0 saturated carbocycles. The van der Waals surface area contributed by atoms with Gasteiger partial charge in [0.2, 0.25) is 0 Å². The van der Waals surface area contributed by atoms with Crippen molar-refractivity contribution < 1.29 is 33.5 Å². The third-order valence-corrected chi connectivity index (χ3v) is 4.20. The van der Waals surface area contributed by atoms with E-state index in [0.717, 1.165) is 12.0 Å². The SMILES string of the molecule is CC(C)Cc1ccc(C(C)C(=O)OCCOC(=O)ON2C(=O)CCC2=O)cc1. The van der Waals surface area contributed by atoms with Gasteiger partial charge in [-0.15, -0.1) is 0 Å². The molecule has 1 atom stereocenters. The van der Waals surface area contributed by atoms with Gasteiger partial charge < -0.3 is 9.47 Å². The van der Waals surface area contributed by atoms with Crippen LogP contribution in [0.5, 0.6) is 0 Å². The zero-order valence-corrected chi connectivity index (χ0v) is 16.3. The monoisotopic (exact) mass is 391 g/mol. The smallest absolute Gasteiger partial charge is 0.462 e. The van der Waals surface area contributed by atoms with Gasteiger partial charge in [-0.3, -0.25) is 19.2 Å².